The third-order valence-corrected chi connectivity index (χ3v) is 4.26. The average molecular weight is 330 g/mol. The van der Waals surface area contributed by atoms with E-state index in [1.165, 1.54) is 0 Å². The quantitative estimate of drug-likeness (QED) is 0.841. The van der Waals surface area contributed by atoms with Gasteiger partial charge in [0.2, 0.25) is 0 Å². The molecule has 0 bridgehead atoms. The van der Waals surface area contributed by atoms with Crippen molar-refractivity contribution in [2.45, 2.75) is 19.4 Å². The molecule has 1 unspecified atom stereocenters. The first-order valence-corrected chi connectivity index (χ1v) is 7.52. The van der Waals surface area contributed by atoms with Gasteiger partial charge < -0.3 is 5.32 Å². The Kier molecular flexibility index (Phi) is 5.67. The summed E-state index contributed by atoms with van der Waals surface area (Å²) in [6.07, 6.45) is 4.11. The lowest BCUT2D eigenvalue weighted by Crippen LogP contribution is -2.23. The predicted octanol–water partition coefficient (Wildman–Crippen LogP) is 4.94. The molecule has 2 nitrogen and oxygen atoms in total. The molecule has 0 aliphatic carbocycles. The van der Waals surface area contributed by atoms with Crippen LogP contribution in [0.5, 0.6) is 0 Å². The first-order valence-electron chi connectivity index (χ1n) is 6.39. The van der Waals surface area contributed by atoms with E-state index in [1.54, 1.807) is 18.5 Å². The van der Waals surface area contributed by atoms with E-state index in [2.05, 4.69) is 17.2 Å². The van der Waals surface area contributed by atoms with Crippen LogP contribution in [0.15, 0.2) is 36.7 Å². The van der Waals surface area contributed by atoms with E-state index >= 15 is 0 Å². The zero-order valence-electron chi connectivity index (χ0n) is 11.0. The Morgan fingerprint density at radius 2 is 1.95 bits per heavy atom. The molecule has 1 heterocycles. The van der Waals surface area contributed by atoms with Gasteiger partial charge in [-0.2, -0.15) is 0 Å². The molecule has 2 aromatic rings. The van der Waals surface area contributed by atoms with Gasteiger partial charge in [-0.15, -0.1) is 0 Å². The third-order valence-electron chi connectivity index (χ3n) is 3.09. The monoisotopic (exact) mass is 328 g/mol. The summed E-state index contributed by atoms with van der Waals surface area (Å²) in [5.74, 6) is 0. The number of aromatic nitrogens is 1. The zero-order chi connectivity index (χ0) is 14.5. The fourth-order valence-electron chi connectivity index (χ4n) is 2.13. The maximum Gasteiger partial charge on any atom is 0.0637 e. The zero-order valence-corrected chi connectivity index (χ0v) is 13.3. The van der Waals surface area contributed by atoms with Crippen molar-refractivity contribution >= 4 is 34.8 Å². The van der Waals surface area contributed by atoms with Crippen LogP contribution in [0.4, 0.5) is 0 Å². The van der Waals surface area contributed by atoms with Gasteiger partial charge in [-0.1, -0.05) is 53.9 Å². The summed E-state index contributed by atoms with van der Waals surface area (Å²) < 4.78 is 0. The molecule has 0 aliphatic rings. The molecule has 1 atom stereocenters. The second-order valence-electron chi connectivity index (χ2n) is 4.42. The summed E-state index contributed by atoms with van der Waals surface area (Å²) in [6, 6.07) is 7.67. The third kappa shape index (κ3) is 3.64. The maximum absolute atomic E-state index is 6.26. The molecule has 0 saturated carbocycles. The summed E-state index contributed by atoms with van der Waals surface area (Å²) in [7, 11) is 0. The van der Waals surface area contributed by atoms with E-state index in [0.717, 1.165) is 24.1 Å². The van der Waals surface area contributed by atoms with Gasteiger partial charge in [-0.3, -0.25) is 4.98 Å². The molecule has 0 saturated heterocycles. The minimum atomic E-state index is 0.0754. The Labute approximate surface area is 134 Å². The molecule has 0 fully saturated rings. The SMILES string of the molecule is CCNC(Cc1cccc(Cl)c1Cl)c1ccncc1Cl. The van der Waals surface area contributed by atoms with Gasteiger partial charge in [-0.05, 0) is 36.2 Å². The van der Waals surface area contributed by atoms with Crippen LogP contribution in [-0.2, 0) is 6.42 Å². The number of pyridine rings is 1. The second kappa shape index (κ2) is 7.28. The van der Waals surface area contributed by atoms with E-state index in [1.807, 2.05) is 18.2 Å². The largest absolute Gasteiger partial charge is 0.310 e. The van der Waals surface area contributed by atoms with Crippen molar-refractivity contribution in [3.05, 3.63) is 62.9 Å². The highest BCUT2D eigenvalue weighted by Gasteiger charge is 2.16. The van der Waals surface area contributed by atoms with Gasteiger partial charge in [0.1, 0.15) is 0 Å². The molecule has 5 heteroatoms. The Morgan fingerprint density at radius 3 is 2.65 bits per heavy atom. The minimum absolute atomic E-state index is 0.0754. The molecule has 1 aromatic heterocycles. The van der Waals surface area contributed by atoms with Crippen LogP contribution in [-0.4, -0.2) is 11.5 Å². The van der Waals surface area contributed by atoms with E-state index in [9.17, 15) is 0 Å². The molecule has 2 rings (SSSR count). The Morgan fingerprint density at radius 1 is 1.15 bits per heavy atom. The average Bonchev–Trinajstić information content (AvgIpc) is 2.44. The molecular weight excluding hydrogens is 315 g/mol. The first-order chi connectivity index (χ1) is 9.63. The highest BCUT2D eigenvalue weighted by molar-refractivity contribution is 6.42. The molecule has 0 radical (unpaired) electrons. The summed E-state index contributed by atoms with van der Waals surface area (Å²) in [5.41, 5.74) is 2.01. The number of benzene rings is 1. The maximum atomic E-state index is 6.26. The molecule has 0 spiro atoms. The van der Waals surface area contributed by atoms with Crippen LogP contribution in [0.3, 0.4) is 0 Å². The van der Waals surface area contributed by atoms with Crippen LogP contribution in [0, 0.1) is 0 Å². The Balaban J connectivity index is 2.31. The number of nitrogens with one attached hydrogen (secondary N) is 1. The van der Waals surface area contributed by atoms with Crippen molar-refractivity contribution in [1.82, 2.24) is 10.3 Å². The number of rotatable bonds is 5. The van der Waals surface area contributed by atoms with Gasteiger partial charge in [0, 0.05) is 18.4 Å². The van der Waals surface area contributed by atoms with Crippen molar-refractivity contribution in [2.75, 3.05) is 6.54 Å². The standard InChI is InChI=1S/C15H15Cl3N2/c1-2-20-14(11-6-7-19-9-13(11)17)8-10-4-3-5-12(16)15(10)18/h3-7,9,14,20H,2,8H2,1H3. The molecular formula is C15H15Cl3N2. The van der Waals surface area contributed by atoms with Crippen molar-refractivity contribution in [3.63, 3.8) is 0 Å². The molecule has 1 N–H and O–H groups in total. The molecule has 1 aromatic carbocycles. The molecule has 20 heavy (non-hydrogen) atoms. The number of hydrogen-bond acceptors (Lipinski definition) is 2. The van der Waals surface area contributed by atoms with E-state index in [0.29, 0.717) is 15.1 Å². The normalized spacial score (nSPS) is 12.4. The van der Waals surface area contributed by atoms with Gasteiger partial charge in [0.15, 0.2) is 0 Å². The van der Waals surface area contributed by atoms with Gasteiger partial charge in [0.25, 0.3) is 0 Å². The predicted molar refractivity (Wildman–Crippen MR) is 85.8 cm³/mol. The van der Waals surface area contributed by atoms with Crippen LogP contribution < -0.4 is 5.32 Å². The molecule has 0 amide bonds. The van der Waals surface area contributed by atoms with E-state index in [4.69, 9.17) is 34.8 Å². The van der Waals surface area contributed by atoms with Crippen LogP contribution in [0.1, 0.15) is 24.1 Å². The van der Waals surface area contributed by atoms with Crippen molar-refractivity contribution in [2.24, 2.45) is 0 Å². The lowest BCUT2D eigenvalue weighted by molar-refractivity contribution is 0.549. The topological polar surface area (TPSA) is 24.9 Å². The molecule has 106 valence electrons. The smallest absolute Gasteiger partial charge is 0.0637 e. The number of likely N-dealkylation sites (N-methyl/N-ethyl adjacent to an activating group) is 1. The van der Waals surface area contributed by atoms with Crippen molar-refractivity contribution in [3.8, 4) is 0 Å². The van der Waals surface area contributed by atoms with Crippen LogP contribution >= 0.6 is 34.8 Å². The lowest BCUT2D eigenvalue weighted by Gasteiger charge is -2.20. The number of nitrogens with zero attached hydrogens (tertiary/aromatic N) is 1. The van der Waals surface area contributed by atoms with Gasteiger partial charge in [-0.25, -0.2) is 0 Å². The van der Waals surface area contributed by atoms with E-state index in [-0.39, 0.29) is 6.04 Å². The van der Waals surface area contributed by atoms with Crippen LogP contribution in [0.2, 0.25) is 15.1 Å². The minimum Gasteiger partial charge on any atom is -0.310 e. The van der Waals surface area contributed by atoms with Crippen LogP contribution in [0.25, 0.3) is 0 Å². The highest BCUT2D eigenvalue weighted by Crippen LogP contribution is 2.31. The van der Waals surface area contributed by atoms with Gasteiger partial charge in [0.05, 0.1) is 15.1 Å². The summed E-state index contributed by atoms with van der Waals surface area (Å²) >= 11 is 18.6. The summed E-state index contributed by atoms with van der Waals surface area (Å²) in [4.78, 5) is 4.02. The Bertz CT molecular complexity index is 587. The fourth-order valence-corrected chi connectivity index (χ4v) is 2.78. The van der Waals surface area contributed by atoms with E-state index < -0.39 is 0 Å². The summed E-state index contributed by atoms with van der Waals surface area (Å²) in [6.45, 7) is 2.89. The lowest BCUT2D eigenvalue weighted by atomic mass is 9.99. The number of halogens is 3. The molecule has 0 aliphatic heterocycles. The van der Waals surface area contributed by atoms with Crippen molar-refractivity contribution in [1.29, 1.82) is 0 Å². The second-order valence-corrected chi connectivity index (χ2v) is 5.62. The Hall–Kier alpha value is -0.800. The number of hydrogen-bond donors (Lipinski definition) is 1. The van der Waals surface area contributed by atoms with Gasteiger partial charge >= 0.3 is 0 Å². The fraction of sp³-hybridized carbons (Fsp3) is 0.267. The van der Waals surface area contributed by atoms with Crippen molar-refractivity contribution < 1.29 is 0 Å². The highest BCUT2D eigenvalue weighted by atomic mass is 35.5. The first kappa shape index (κ1) is 15.6. The summed E-state index contributed by atoms with van der Waals surface area (Å²) in [5, 5.41) is 5.24.